The molecule has 1 aromatic carbocycles. The lowest BCUT2D eigenvalue weighted by Gasteiger charge is -2.33. The Balaban J connectivity index is 1.65. The summed E-state index contributed by atoms with van der Waals surface area (Å²) in [5.41, 5.74) is 1.27. The van der Waals surface area contributed by atoms with Crippen molar-refractivity contribution in [2.24, 2.45) is 5.92 Å². The summed E-state index contributed by atoms with van der Waals surface area (Å²) in [6.45, 7) is 0.364. The van der Waals surface area contributed by atoms with Gasteiger partial charge in [-0.15, -0.1) is 0 Å². The number of carbonyl (C=O) groups excluding carboxylic acids is 1. The maximum Gasteiger partial charge on any atom is 0.241 e. The molecule has 8 heteroatoms. The van der Waals surface area contributed by atoms with Crippen LogP contribution in [0.5, 0.6) is 0 Å². The molecule has 4 N–H and O–H groups in total. The molecule has 1 aromatic heterocycles. The lowest BCUT2D eigenvalue weighted by molar-refractivity contribution is -0.118. The van der Waals surface area contributed by atoms with Crippen LogP contribution in [0.25, 0.3) is 0 Å². The molecule has 0 radical (unpaired) electrons. The average Bonchev–Trinajstić information content (AvgIpc) is 3.49. The van der Waals surface area contributed by atoms with Gasteiger partial charge >= 0.3 is 0 Å². The van der Waals surface area contributed by atoms with Gasteiger partial charge in [0.15, 0.2) is 0 Å². The molecule has 1 saturated carbocycles. The van der Waals surface area contributed by atoms with E-state index in [0.29, 0.717) is 13.0 Å². The van der Waals surface area contributed by atoms with Crippen molar-refractivity contribution >= 4 is 34.5 Å². The lowest BCUT2D eigenvalue weighted by Crippen LogP contribution is -2.39. The van der Waals surface area contributed by atoms with E-state index < -0.39 is 23.5 Å². The van der Waals surface area contributed by atoms with Crippen LogP contribution in [0.2, 0.25) is 0 Å². The maximum atomic E-state index is 14.6. The molecule has 3 atom stereocenters. The number of aliphatic hydroxyl groups is 1. The number of hydrogen-bond donors (Lipinski definition) is 4. The summed E-state index contributed by atoms with van der Waals surface area (Å²) < 4.78 is 18.0. The Hall–Kier alpha value is -1.62. The molecular formula is C22H26FIN4O2. The van der Waals surface area contributed by atoms with Gasteiger partial charge in [0.2, 0.25) is 5.91 Å². The molecule has 1 saturated heterocycles. The molecule has 1 unspecified atom stereocenters. The first-order valence-corrected chi connectivity index (χ1v) is 11.4. The topological polar surface area (TPSA) is 86.3 Å². The van der Waals surface area contributed by atoms with Crippen LogP contribution in [-0.4, -0.2) is 34.7 Å². The number of carbonyl (C=O) groups is 1. The van der Waals surface area contributed by atoms with Crippen LogP contribution in [0.4, 0.5) is 10.1 Å². The Labute approximate surface area is 189 Å². The molecule has 2 aromatic rings. The van der Waals surface area contributed by atoms with Crippen LogP contribution in [0.3, 0.4) is 0 Å². The van der Waals surface area contributed by atoms with E-state index in [9.17, 15) is 14.3 Å². The van der Waals surface area contributed by atoms with Crippen LogP contribution < -0.4 is 14.2 Å². The highest BCUT2D eigenvalue weighted by atomic mass is 127. The van der Waals surface area contributed by atoms with Crippen LogP contribution in [0, 0.1) is 11.7 Å². The third-order valence-corrected chi connectivity index (χ3v) is 6.95. The second-order valence-corrected chi connectivity index (χ2v) is 8.77. The number of aliphatic hydroxyl groups excluding tert-OH is 1. The number of halogens is 2. The number of anilines is 1. The van der Waals surface area contributed by atoms with Crippen molar-refractivity contribution in [3.8, 4) is 0 Å². The van der Waals surface area contributed by atoms with E-state index in [4.69, 9.17) is 0 Å². The molecule has 0 spiro atoms. The minimum Gasteiger partial charge on any atom is -0.392 e. The number of pyridine rings is 1. The number of amides is 1. The third kappa shape index (κ3) is 4.66. The Bertz CT molecular complexity index is 896. The molecule has 160 valence electrons. The van der Waals surface area contributed by atoms with Crippen molar-refractivity contribution in [2.75, 3.05) is 11.9 Å². The van der Waals surface area contributed by atoms with Crippen molar-refractivity contribution in [1.82, 2.24) is 13.8 Å². The molecule has 6 nitrogen and oxygen atoms in total. The predicted octanol–water partition coefficient (Wildman–Crippen LogP) is 3.26. The van der Waals surface area contributed by atoms with Crippen molar-refractivity contribution in [3.05, 3.63) is 59.7 Å². The summed E-state index contributed by atoms with van der Waals surface area (Å²) in [4.78, 5) is 17.2. The van der Waals surface area contributed by atoms with Crippen molar-refractivity contribution in [2.45, 2.75) is 49.8 Å². The highest BCUT2D eigenvalue weighted by molar-refractivity contribution is 14.1. The summed E-state index contributed by atoms with van der Waals surface area (Å²) in [7, 11) is 0. The Morgan fingerprint density at radius 1 is 1.33 bits per heavy atom. The fraction of sp³-hybridized carbons (Fsp3) is 0.455. The highest BCUT2D eigenvalue weighted by Crippen LogP contribution is 2.41. The van der Waals surface area contributed by atoms with Gasteiger partial charge in [-0.25, -0.2) is 7.92 Å². The molecule has 1 amide bonds. The summed E-state index contributed by atoms with van der Waals surface area (Å²) in [5.74, 6) is -0.0972. The smallest absolute Gasteiger partial charge is 0.241 e. The molecule has 0 bridgehead atoms. The van der Waals surface area contributed by atoms with Crippen LogP contribution >= 0.6 is 22.9 Å². The summed E-state index contributed by atoms with van der Waals surface area (Å²) >= 11 is 2.15. The fourth-order valence-electron chi connectivity index (χ4n) is 4.04. The number of benzene rings is 1. The van der Waals surface area contributed by atoms with Crippen LogP contribution in [-0.2, 0) is 10.3 Å². The molecule has 2 fully saturated rings. The molecular weight excluding hydrogens is 498 g/mol. The number of rotatable bonds is 8. The van der Waals surface area contributed by atoms with E-state index in [0.717, 1.165) is 30.0 Å². The standard InChI is InChI=1S/C22H26FIN4O2/c23-17-7-6-15(11-18(17)27-21(30)19-12-16(29)13-26-19)22(28-24,9-8-14-4-5-14)20-3-1-2-10-25-20/h1-3,6-7,10-11,14,16,19,26,28-29H,4-5,8-9,12-13H2,(H,27,30)/t16-,19-,22?/m1/s1. The Kier molecular flexibility index (Phi) is 6.66. The van der Waals surface area contributed by atoms with Gasteiger partial charge in [-0.1, -0.05) is 25.0 Å². The van der Waals surface area contributed by atoms with Gasteiger partial charge in [-0.05, 0) is 55.0 Å². The molecule has 1 aliphatic heterocycles. The lowest BCUT2D eigenvalue weighted by atomic mass is 9.82. The predicted molar refractivity (Wildman–Crippen MR) is 122 cm³/mol. The molecule has 1 aliphatic carbocycles. The van der Waals surface area contributed by atoms with E-state index in [-0.39, 0.29) is 11.6 Å². The quantitative estimate of drug-likeness (QED) is 0.315. The number of hydrogen-bond acceptors (Lipinski definition) is 5. The Morgan fingerprint density at radius 2 is 2.17 bits per heavy atom. The van der Waals surface area contributed by atoms with Crippen molar-refractivity contribution < 1.29 is 14.3 Å². The van der Waals surface area contributed by atoms with E-state index in [1.807, 2.05) is 18.2 Å². The minimum absolute atomic E-state index is 0.138. The van der Waals surface area contributed by atoms with E-state index in [2.05, 4.69) is 42.0 Å². The normalized spacial score (nSPS) is 23.2. The first kappa shape index (κ1) is 21.6. The zero-order valence-electron chi connectivity index (χ0n) is 16.6. The van der Waals surface area contributed by atoms with E-state index in [1.165, 1.54) is 18.9 Å². The number of β-amino-alcohol motifs (C(OH)–C–C–N with tert-alkyl or cyclic N) is 1. The largest absolute Gasteiger partial charge is 0.392 e. The van der Waals surface area contributed by atoms with Gasteiger partial charge in [0.05, 0.1) is 29.1 Å². The monoisotopic (exact) mass is 524 g/mol. The number of nitrogens with zero attached hydrogens (tertiary/aromatic N) is 1. The van der Waals surface area contributed by atoms with Crippen LogP contribution in [0.15, 0.2) is 42.6 Å². The average molecular weight is 524 g/mol. The second kappa shape index (κ2) is 9.25. The van der Waals surface area contributed by atoms with E-state index in [1.54, 1.807) is 18.3 Å². The summed E-state index contributed by atoms with van der Waals surface area (Å²) in [6.07, 6.45) is 5.91. The second-order valence-electron chi connectivity index (χ2n) is 8.23. The number of aromatic nitrogens is 1. The van der Waals surface area contributed by atoms with Gasteiger partial charge in [-0.3, -0.25) is 9.78 Å². The van der Waals surface area contributed by atoms with Gasteiger partial charge < -0.3 is 15.7 Å². The maximum absolute atomic E-state index is 14.6. The minimum atomic E-state index is -0.584. The zero-order chi connectivity index (χ0) is 21.1. The van der Waals surface area contributed by atoms with Crippen LogP contribution in [0.1, 0.15) is 43.4 Å². The number of nitrogens with one attached hydrogen (secondary N) is 3. The fourth-order valence-corrected chi connectivity index (χ4v) is 4.89. The summed E-state index contributed by atoms with van der Waals surface area (Å²) in [5, 5.41) is 15.3. The van der Waals surface area contributed by atoms with Crippen molar-refractivity contribution in [3.63, 3.8) is 0 Å². The molecule has 30 heavy (non-hydrogen) atoms. The third-order valence-electron chi connectivity index (χ3n) is 6.03. The first-order valence-electron chi connectivity index (χ1n) is 10.3. The summed E-state index contributed by atoms with van der Waals surface area (Å²) in [6, 6.07) is 10.1. The molecule has 4 rings (SSSR count). The van der Waals surface area contributed by atoms with Crippen molar-refractivity contribution in [1.29, 1.82) is 0 Å². The molecule has 2 aliphatic rings. The van der Waals surface area contributed by atoms with Gasteiger partial charge in [0.25, 0.3) is 0 Å². The van der Waals surface area contributed by atoms with Gasteiger partial charge in [0, 0.05) is 35.6 Å². The van der Waals surface area contributed by atoms with Gasteiger partial charge in [-0.2, -0.15) is 0 Å². The first-order chi connectivity index (χ1) is 14.5. The molecule has 2 heterocycles. The van der Waals surface area contributed by atoms with Gasteiger partial charge in [0.1, 0.15) is 5.82 Å². The van der Waals surface area contributed by atoms with E-state index >= 15 is 0 Å². The zero-order valence-corrected chi connectivity index (χ0v) is 18.7. The Morgan fingerprint density at radius 3 is 2.80 bits per heavy atom. The highest BCUT2D eigenvalue weighted by Gasteiger charge is 2.37. The SMILES string of the molecule is O=C(Nc1cc(C(CCC2CC2)(NI)c2ccccn2)ccc1F)[C@H]1C[C@@H](O)CN1.